The summed E-state index contributed by atoms with van der Waals surface area (Å²) in [6.07, 6.45) is 3.52. The Morgan fingerprint density at radius 3 is 2.80 bits per heavy atom. The molecule has 1 aliphatic carbocycles. The molecular formula is C19H24N4OS. The first-order valence-electron chi connectivity index (χ1n) is 8.83. The molecule has 0 radical (unpaired) electrons. The van der Waals surface area contributed by atoms with Crippen molar-refractivity contribution in [1.29, 1.82) is 5.26 Å². The Morgan fingerprint density at radius 2 is 2.12 bits per heavy atom. The number of rotatable bonds is 6. The van der Waals surface area contributed by atoms with Crippen LogP contribution >= 0.6 is 11.8 Å². The molecule has 132 valence electrons. The number of hydrogen-bond acceptors (Lipinski definition) is 4. The molecule has 0 atom stereocenters. The van der Waals surface area contributed by atoms with Gasteiger partial charge in [-0.05, 0) is 43.7 Å². The molecule has 1 N–H and O–H groups in total. The number of carbonyl (C=O) groups is 1. The Kier molecular flexibility index (Phi) is 5.33. The van der Waals surface area contributed by atoms with E-state index in [0.717, 1.165) is 48.4 Å². The number of hydrogen-bond donors (Lipinski definition) is 1. The molecule has 5 nitrogen and oxygen atoms in total. The first kappa shape index (κ1) is 17.8. The summed E-state index contributed by atoms with van der Waals surface area (Å²) in [5, 5.41) is 13.2. The minimum absolute atomic E-state index is 0.0865. The second-order valence-electron chi connectivity index (χ2n) is 7.13. The Morgan fingerprint density at radius 1 is 1.40 bits per heavy atom. The average Bonchev–Trinajstić information content (AvgIpc) is 3.18. The summed E-state index contributed by atoms with van der Waals surface area (Å²) < 4.78 is 2.19. The van der Waals surface area contributed by atoms with E-state index in [2.05, 4.69) is 40.9 Å². The van der Waals surface area contributed by atoms with E-state index in [9.17, 15) is 10.1 Å². The summed E-state index contributed by atoms with van der Waals surface area (Å²) in [4.78, 5) is 17.1. The molecule has 1 aromatic heterocycles. The van der Waals surface area contributed by atoms with Gasteiger partial charge in [0.15, 0.2) is 5.16 Å². The third-order valence-electron chi connectivity index (χ3n) is 4.55. The Hall–Kier alpha value is -2.00. The Bertz CT molecular complexity index is 799. The van der Waals surface area contributed by atoms with Crippen molar-refractivity contribution in [2.45, 2.75) is 56.8 Å². The summed E-state index contributed by atoms with van der Waals surface area (Å²) >= 11 is 1.45. The van der Waals surface area contributed by atoms with Crippen molar-refractivity contribution in [3.05, 3.63) is 24.3 Å². The molecule has 25 heavy (non-hydrogen) atoms. The van der Waals surface area contributed by atoms with Gasteiger partial charge in [-0.15, -0.1) is 0 Å². The van der Waals surface area contributed by atoms with Gasteiger partial charge >= 0.3 is 0 Å². The minimum Gasteiger partial charge on any atom is -0.337 e. The SMILES string of the molecule is CC(C)Cn1c(SCC(=O)NC2(C#N)CCCC2)nc2ccccc21. The van der Waals surface area contributed by atoms with Crippen LogP contribution in [0.2, 0.25) is 0 Å². The van der Waals surface area contributed by atoms with E-state index in [1.165, 1.54) is 11.8 Å². The predicted octanol–water partition coefficient (Wildman–Crippen LogP) is 3.74. The van der Waals surface area contributed by atoms with Gasteiger partial charge in [-0.1, -0.05) is 37.7 Å². The largest absolute Gasteiger partial charge is 0.337 e. The second-order valence-corrected chi connectivity index (χ2v) is 8.07. The van der Waals surface area contributed by atoms with Gasteiger partial charge in [0.2, 0.25) is 5.91 Å². The lowest BCUT2D eigenvalue weighted by Crippen LogP contribution is -2.45. The van der Waals surface area contributed by atoms with Crippen LogP contribution in [0.25, 0.3) is 11.0 Å². The highest BCUT2D eigenvalue weighted by Crippen LogP contribution is 2.29. The molecule has 3 rings (SSSR count). The van der Waals surface area contributed by atoms with Gasteiger partial charge in [0, 0.05) is 6.54 Å². The van der Waals surface area contributed by atoms with E-state index in [1.807, 2.05) is 18.2 Å². The fraction of sp³-hybridized carbons (Fsp3) is 0.526. The summed E-state index contributed by atoms with van der Waals surface area (Å²) in [7, 11) is 0. The quantitative estimate of drug-likeness (QED) is 0.801. The molecule has 1 amide bonds. The van der Waals surface area contributed by atoms with Crippen molar-refractivity contribution in [2.24, 2.45) is 5.92 Å². The number of nitrogens with zero attached hydrogens (tertiary/aromatic N) is 3. The van der Waals surface area contributed by atoms with Crippen LogP contribution in [0.5, 0.6) is 0 Å². The van der Waals surface area contributed by atoms with Crippen LogP contribution in [0.15, 0.2) is 29.4 Å². The molecule has 2 aromatic rings. The van der Waals surface area contributed by atoms with E-state index >= 15 is 0 Å². The van der Waals surface area contributed by atoms with Crippen LogP contribution < -0.4 is 5.32 Å². The van der Waals surface area contributed by atoms with E-state index in [4.69, 9.17) is 0 Å². The smallest absolute Gasteiger partial charge is 0.231 e. The molecule has 0 aliphatic heterocycles. The normalized spacial score (nSPS) is 16.2. The molecule has 0 bridgehead atoms. The number of imidazole rings is 1. The van der Waals surface area contributed by atoms with Gasteiger partial charge in [-0.3, -0.25) is 4.79 Å². The van der Waals surface area contributed by atoms with Crippen molar-refractivity contribution >= 4 is 28.7 Å². The highest BCUT2D eigenvalue weighted by atomic mass is 32.2. The molecule has 0 unspecified atom stereocenters. The zero-order valence-electron chi connectivity index (χ0n) is 14.8. The van der Waals surface area contributed by atoms with Crippen LogP contribution in [-0.4, -0.2) is 26.8 Å². The third-order valence-corrected chi connectivity index (χ3v) is 5.53. The van der Waals surface area contributed by atoms with Crippen LogP contribution in [0, 0.1) is 17.2 Å². The first-order chi connectivity index (χ1) is 12.0. The summed E-state index contributed by atoms with van der Waals surface area (Å²) in [5.41, 5.74) is 1.40. The Labute approximate surface area is 152 Å². The van der Waals surface area contributed by atoms with E-state index in [1.54, 1.807) is 0 Å². The zero-order valence-corrected chi connectivity index (χ0v) is 15.6. The monoisotopic (exact) mass is 356 g/mol. The van der Waals surface area contributed by atoms with Crippen LogP contribution in [0.4, 0.5) is 0 Å². The van der Waals surface area contributed by atoms with Crippen LogP contribution in [0.3, 0.4) is 0 Å². The molecule has 1 aromatic carbocycles. The number of nitrogens with one attached hydrogen (secondary N) is 1. The van der Waals surface area contributed by atoms with Crippen molar-refractivity contribution in [1.82, 2.24) is 14.9 Å². The standard InChI is InChI=1S/C19H24N4OS/c1-14(2)11-23-16-8-4-3-7-15(16)21-18(23)25-12-17(24)22-19(13-20)9-5-6-10-19/h3-4,7-8,14H,5-6,9-12H2,1-2H3,(H,22,24). The minimum atomic E-state index is -0.657. The third kappa shape index (κ3) is 3.98. The molecule has 6 heteroatoms. The second kappa shape index (κ2) is 7.49. The van der Waals surface area contributed by atoms with Crippen molar-refractivity contribution in [2.75, 3.05) is 5.75 Å². The number of nitriles is 1. The lowest BCUT2D eigenvalue weighted by Gasteiger charge is -2.21. The topological polar surface area (TPSA) is 70.7 Å². The van der Waals surface area contributed by atoms with E-state index in [-0.39, 0.29) is 11.7 Å². The number of amides is 1. The molecule has 0 spiro atoms. The molecule has 0 saturated heterocycles. The van der Waals surface area contributed by atoms with Crippen molar-refractivity contribution < 1.29 is 4.79 Å². The number of para-hydroxylation sites is 2. The zero-order chi connectivity index (χ0) is 17.9. The number of carbonyl (C=O) groups excluding carboxylic acids is 1. The fourth-order valence-corrected chi connectivity index (χ4v) is 4.21. The molecule has 1 heterocycles. The van der Waals surface area contributed by atoms with Gasteiger partial charge in [0.1, 0.15) is 5.54 Å². The Balaban J connectivity index is 1.72. The van der Waals surface area contributed by atoms with Gasteiger partial charge in [0.25, 0.3) is 0 Å². The first-order valence-corrected chi connectivity index (χ1v) is 9.82. The van der Waals surface area contributed by atoms with Crippen LogP contribution in [-0.2, 0) is 11.3 Å². The van der Waals surface area contributed by atoms with Gasteiger partial charge in [-0.2, -0.15) is 5.26 Å². The number of benzene rings is 1. The summed E-state index contributed by atoms with van der Waals surface area (Å²) in [6.45, 7) is 5.21. The molecular weight excluding hydrogens is 332 g/mol. The van der Waals surface area contributed by atoms with Gasteiger partial charge < -0.3 is 9.88 Å². The summed E-state index contributed by atoms with van der Waals surface area (Å²) in [5.74, 6) is 0.688. The number of fused-ring (bicyclic) bond motifs is 1. The van der Waals surface area contributed by atoms with E-state index < -0.39 is 5.54 Å². The number of aromatic nitrogens is 2. The number of thioether (sulfide) groups is 1. The molecule has 1 fully saturated rings. The highest BCUT2D eigenvalue weighted by Gasteiger charge is 2.35. The maximum Gasteiger partial charge on any atom is 0.231 e. The maximum absolute atomic E-state index is 12.4. The fourth-order valence-electron chi connectivity index (χ4n) is 3.38. The average molecular weight is 356 g/mol. The van der Waals surface area contributed by atoms with Gasteiger partial charge in [-0.25, -0.2) is 4.98 Å². The lowest BCUT2D eigenvalue weighted by molar-refractivity contribution is -0.119. The van der Waals surface area contributed by atoms with Crippen molar-refractivity contribution in [3.63, 3.8) is 0 Å². The summed E-state index contributed by atoms with van der Waals surface area (Å²) in [6, 6.07) is 10.4. The lowest BCUT2D eigenvalue weighted by atomic mass is 10.0. The van der Waals surface area contributed by atoms with Crippen molar-refractivity contribution in [3.8, 4) is 6.07 Å². The molecule has 1 aliphatic rings. The molecule has 1 saturated carbocycles. The van der Waals surface area contributed by atoms with Gasteiger partial charge in [0.05, 0.1) is 22.9 Å². The van der Waals surface area contributed by atoms with E-state index in [0.29, 0.717) is 5.92 Å². The van der Waals surface area contributed by atoms with Crippen LogP contribution in [0.1, 0.15) is 39.5 Å². The predicted molar refractivity (Wildman–Crippen MR) is 100 cm³/mol. The highest BCUT2D eigenvalue weighted by molar-refractivity contribution is 7.99. The maximum atomic E-state index is 12.4.